The van der Waals surface area contributed by atoms with Crippen LogP contribution in [-0.4, -0.2) is 15.0 Å². The monoisotopic (exact) mass is 342 g/mol. The van der Waals surface area contributed by atoms with E-state index in [1.165, 1.54) is 6.07 Å². The van der Waals surface area contributed by atoms with Crippen molar-refractivity contribution in [2.24, 2.45) is 10.2 Å². The molecule has 0 saturated carbocycles. The minimum Gasteiger partial charge on any atom is -0.399 e. The summed E-state index contributed by atoms with van der Waals surface area (Å²) in [6.45, 7) is 0.822. The Morgan fingerprint density at radius 3 is 2.75 bits per heavy atom. The third-order valence-electron chi connectivity index (χ3n) is 3.46. The molecule has 4 N–H and O–H groups in total. The number of benzene rings is 2. The first-order valence-electron chi connectivity index (χ1n) is 7.07. The summed E-state index contributed by atoms with van der Waals surface area (Å²) >= 11 is 0. The number of hydrogen-bond acceptors (Lipinski definition) is 7. The summed E-state index contributed by atoms with van der Waals surface area (Å²) in [4.78, 5) is 0. The largest absolute Gasteiger partial charge is 0.399 e. The van der Waals surface area contributed by atoms with E-state index in [0.29, 0.717) is 22.6 Å². The molecule has 1 atom stereocenters. The molecule has 1 unspecified atom stereocenters. The van der Waals surface area contributed by atoms with Gasteiger partial charge in [0.25, 0.3) is 0 Å². The third kappa shape index (κ3) is 3.51. The lowest BCUT2D eigenvalue weighted by Gasteiger charge is -2.06. The molecule has 1 aliphatic rings. The Morgan fingerprint density at radius 1 is 1.29 bits per heavy atom. The van der Waals surface area contributed by atoms with Crippen molar-refractivity contribution in [1.82, 2.24) is 5.32 Å². The number of nitrogens with zero attached hydrogens (tertiary/aromatic N) is 3. The number of rotatable bonds is 5. The minimum atomic E-state index is -2.86. The minimum absolute atomic E-state index is 0.160. The summed E-state index contributed by atoms with van der Waals surface area (Å²) in [5.74, 6) is 0. The molecule has 3 rings (SSSR count). The van der Waals surface area contributed by atoms with Gasteiger partial charge in [-0.15, -0.1) is 10.2 Å². The fourth-order valence-corrected chi connectivity index (χ4v) is 2.63. The molecule has 0 amide bonds. The summed E-state index contributed by atoms with van der Waals surface area (Å²) in [5, 5.41) is 20.7. The van der Waals surface area contributed by atoms with Gasteiger partial charge >= 0.3 is 0 Å². The standard InChI is InChI=1S/C15H14N6O2S/c16-7-9-2-1-3-11(14-8-18-14)15(9)20-19-12-5-4-10(17)6-13(12)21-24(22)23/h1-6,14,18,24H,8,17H2,(H,21,22,23)/b20-19+. The van der Waals surface area contributed by atoms with E-state index in [1.807, 2.05) is 6.07 Å². The van der Waals surface area contributed by atoms with Crippen molar-refractivity contribution in [1.29, 1.82) is 5.26 Å². The number of nitrogen functional groups attached to an aromatic ring is 1. The molecule has 0 spiro atoms. The molecule has 0 aromatic heterocycles. The van der Waals surface area contributed by atoms with Crippen LogP contribution < -0.4 is 15.8 Å². The summed E-state index contributed by atoms with van der Waals surface area (Å²) in [6, 6.07) is 12.2. The molecule has 0 aliphatic carbocycles. The summed E-state index contributed by atoms with van der Waals surface area (Å²) < 4.78 is 24.1. The highest BCUT2D eigenvalue weighted by atomic mass is 32.2. The van der Waals surface area contributed by atoms with Gasteiger partial charge in [0.15, 0.2) is 0 Å². The summed E-state index contributed by atoms with van der Waals surface area (Å²) in [5.41, 5.74) is 8.38. The number of thiol groups is 1. The highest BCUT2D eigenvalue weighted by Gasteiger charge is 2.26. The zero-order chi connectivity index (χ0) is 17.1. The lowest BCUT2D eigenvalue weighted by Crippen LogP contribution is -1.96. The van der Waals surface area contributed by atoms with E-state index in [-0.39, 0.29) is 11.7 Å². The molecule has 2 aromatic carbocycles. The predicted octanol–water partition coefficient (Wildman–Crippen LogP) is 2.14. The smallest absolute Gasteiger partial charge is 0.222 e. The van der Waals surface area contributed by atoms with Crippen LogP contribution in [0.15, 0.2) is 46.6 Å². The molecular formula is C15H14N6O2S. The van der Waals surface area contributed by atoms with Gasteiger partial charge in [-0.25, -0.2) is 8.42 Å². The van der Waals surface area contributed by atoms with E-state index in [9.17, 15) is 13.7 Å². The van der Waals surface area contributed by atoms with Gasteiger partial charge in [-0.05, 0) is 29.8 Å². The van der Waals surface area contributed by atoms with Gasteiger partial charge in [-0.2, -0.15) is 5.26 Å². The number of anilines is 2. The average Bonchev–Trinajstić information content (AvgIpc) is 3.38. The normalized spacial score (nSPS) is 16.2. The Balaban J connectivity index is 2.02. The van der Waals surface area contributed by atoms with Crippen LogP contribution >= 0.6 is 0 Å². The van der Waals surface area contributed by atoms with Gasteiger partial charge in [-0.1, -0.05) is 12.1 Å². The molecule has 1 fully saturated rings. The van der Waals surface area contributed by atoms with E-state index in [1.54, 1.807) is 24.3 Å². The quantitative estimate of drug-likeness (QED) is 0.285. The van der Waals surface area contributed by atoms with Crippen molar-refractivity contribution in [3.8, 4) is 6.07 Å². The Hall–Kier alpha value is -2.96. The Kier molecular flexibility index (Phi) is 4.41. The van der Waals surface area contributed by atoms with Gasteiger partial charge < -0.3 is 11.1 Å². The molecular weight excluding hydrogens is 328 g/mol. The van der Waals surface area contributed by atoms with Crippen molar-refractivity contribution in [2.75, 3.05) is 17.0 Å². The second-order valence-electron chi connectivity index (χ2n) is 5.16. The van der Waals surface area contributed by atoms with Crippen molar-refractivity contribution in [3.05, 3.63) is 47.5 Å². The first-order valence-corrected chi connectivity index (χ1v) is 8.25. The van der Waals surface area contributed by atoms with Gasteiger partial charge in [0, 0.05) is 18.3 Å². The van der Waals surface area contributed by atoms with E-state index in [0.717, 1.165) is 12.1 Å². The van der Waals surface area contributed by atoms with Crippen molar-refractivity contribution >= 4 is 33.6 Å². The van der Waals surface area contributed by atoms with Crippen LogP contribution in [0, 0.1) is 11.3 Å². The number of nitriles is 1. The number of nitrogens with two attached hydrogens (primary N) is 1. The zero-order valence-corrected chi connectivity index (χ0v) is 13.3. The van der Waals surface area contributed by atoms with Gasteiger partial charge in [0.1, 0.15) is 17.4 Å². The van der Waals surface area contributed by atoms with Crippen LogP contribution in [-0.2, 0) is 10.9 Å². The van der Waals surface area contributed by atoms with Crippen LogP contribution in [0.4, 0.5) is 22.7 Å². The Labute approximate surface area is 140 Å². The van der Waals surface area contributed by atoms with Crippen LogP contribution in [0.5, 0.6) is 0 Å². The van der Waals surface area contributed by atoms with E-state index < -0.39 is 10.9 Å². The van der Waals surface area contributed by atoms with E-state index >= 15 is 0 Å². The molecule has 1 saturated heterocycles. The van der Waals surface area contributed by atoms with Crippen LogP contribution in [0.2, 0.25) is 0 Å². The molecule has 0 radical (unpaired) electrons. The lowest BCUT2D eigenvalue weighted by atomic mass is 10.1. The Bertz CT molecular complexity index is 920. The molecule has 24 heavy (non-hydrogen) atoms. The molecule has 1 aliphatic heterocycles. The SMILES string of the molecule is N#Cc1cccc(C2CN2)c1/N=N/c1ccc(N)cc1N[SH](=O)=O. The topological polar surface area (TPSA) is 143 Å². The van der Waals surface area contributed by atoms with Gasteiger partial charge in [-0.3, -0.25) is 4.72 Å². The molecule has 9 heteroatoms. The van der Waals surface area contributed by atoms with Crippen molar-refractivity contribution in [3.63, 3.8) is 0 Å². The fourth-order valence-electron chi connectivity index (χ4n) is 2.26. The maximum atomic E-state index is 10.9. The summed E-state index contributed by atoms with van der Waals surface area (Å²) in [7, 11) is -2.86. The maximum absolute atomic E-state index is 10.9. The Morgan fingerprint density at radius 2 is 2.08 bits per heavy atom. The van der Waals surface area contributed by atoms with Crippen molar-refractivity contribution in [2.45, 2.75) is 6.04 Å². The second-order valence-corrected chi connectivity index (χ2v) is 5.90. The highest BCUT2D eigenvalue weighted by Crippen LogP contribution is 2.36. The fraction of sp³-hybridized carbons (Fsp3) is 0.133. The average molecular weight is 342 g/mol. The lowest BCUT2D eigenvalue weighted by molar-refractivity contribution is 0.619. The first-order chi connectivity index (χ1) is 11.6. The van der Waals surface area contributed by atoms with Gasteiger partial charge in [0.2, 0.25) is 10.9 Å². The van der Waals surface area contributed by atoms with Crippen LogP contribution in [0.3, 0.4) is 0 Å². The predicted molar refractivity (Wildman–Crippen MR) is 90.9 cm³/mol. The zero-order valence-electron chi connectivity index (χ0n) is 12.4. The van der Waals surface area contributed by atoms with Crippen molar-refractivity contribution < 1.29 is 8.42 Å². The molecule has 122 valence electrons. The van der Waals surface area contributed by atoms with E-state index in [4.69, 9.17) is 5.73 Å². The molecule has 2 aromatic rings. The number of azo groups is 1. The number of hydrogen-bond donors (Lipinski definition) is 4. The van der Waals surface area contributed by atoms with Crippen LogP contribution in [0.25, 0.3) is 0 Å². The molecule has 1 heterocycles. The van der Waals surface area contributed by atoms with Gasteiger partial charge in [0.05, 0.1) is 11.3 Å². The second kappa shape index (κ2) is 6.66. The first kappa shape index (κ1) is 15.9. The molecule has 0 bridgehead atoms. The number of nitrogens with one attached hydrogen (secondary N) is 2. The highest BCUT2D eigenvalue weighted by molar-refractivity contribution is 7.73. The van der Waals surface area contributed by atoms with Crippen LogP contribution in [0.1, 0.15) is 17.2 Å². The summed E-state index contributed by atoms with van der Waals surface area (Å²) in [6.07, 6.45) is 0. The van der Waals surface area contributed by atoms with E-state index in [2.05, 4.69) is 26.3 Å². The molecule has 8 nitrogen and oxygen atoms in total. The maximum Gasteiger partial charge on any atom is 0.222 e. The third-order valence-corrected chi connectivity index (χ3v) is 3.88.